The van der Waals surface area contributed by atoms with Crippen LogP contribution in [0.15, 0.2) is 6.20 Å². The van der Waals surface area contributed by atoms with Crippen molar-refractivity contribution in [2.24, 2.45) is 5.41 Å². The van der Waals surface area contributed by atoms with Crippen LogP contribution in [0.25, 0.3) is 0 Å². The van der Waals surface area contributed by atoms with Gasteiger partial charge in [-0.15, -0.1) is 0 Å². The third kappa shape index (κ3) is 2.23. The van der Waals surface area contributed by atoms with E-state index in [1.165, 1.54) is 6.20 Å². The van der Waals surface area contributed by atoms with Gasteiger partial charge in [0.15, 0.2) is 5.69 Å². The van der Waals surface area contributed by atoms with E-state index in [1.807, 2.05) is 6.92 Å². The number of amides is 2. The Morgan fingerprint density at radius 1 is 1.48 bits per heavy atom. The molecule has 2 atom stereocenters. The number of rotatable bonds is 3. The van der Waals surface area contributed by atoms with Gasteiger partial charge < -0.3 is 15.0 Å². The van der Waals surface area contributed by atoms with Crippen molar-refractivity contribution >= 4 is 11.8 Å². The van der Waals surface area contributed by atoms with Crippen molar-refractivity contribution in [1.82, 2.24) is 25.6 Å². The summed E-state index contributed by atoms with van der Waals surface area (Å²) in [4.78, 5) is 26.7. The van der Waals surface area contributed by atoms with E-state index in [-0.39, 0.29) is 29.3 Å². The summed E-state index contributed by atoms with van der Waals surface area (Å²) in [6.07, 6.45) is 3.76. The zero-order valence-electron chi connectivity index (χ0n) is 13.3. The standard InChI is InChI=1S/C15H21N5O3/c1-9-3-10(5-20(9)12(21)11-4-16-19-18-11)17-13(22)15-6-14(2,7-15)8-23-15/h4,9-10H,3,5-8H2,1-2H3,(H,17,22)(H,16,18,19). The maximum atomic E-state index is 12.5. The topological polar surface area (TPSA) is 100 Å². The van der Waals surface area contributed by atoms with Crippen molar-refractivity contribution in [3.8, 4) is 0 Å². The molecule has 1 aliphatic carbocycles. The third-order valence-electron chi connectivity index (χ3n) is 5.34. The Bertz CT molecular complexity index is 638. The number of carbonyl (C=O) groups excluding carboxylic acids is 2. The highest BCUT2D eigenvalue weighted by Crippen LogP contribution is 2.57. The number of nitrogens with one attached hydrogen (secondary N) is 2. The minimum absolute atomic E-state index is 0.0274. The van der Waals surface area contributed by atoms with E-state index in [1.54, 1.807) is 4.90 Å². The zero-order chi connectivity index (χ0) is 16.2. The molecule has 1 aromatic rings. The number of aromatic nitrogens is 3. The maximum Gasteiger partial charge on any atom is 0.276 e. The van der Waals surface area contributed by atoms with Crippen molar-refractivity contribution in [2.45, 2.75) is 50.8 Å². The van der Waals surface area contributed by atoms with Crippen LogP contribution in [0.4, 0.5) is 0 Å². The van der Waals surface area contributed by atoms with E-state index in [4.69, 9.17) is 4.74 Å². The molecule has 3 aliphatic heterocycles. The summed E-state index contributed by atoms with van der Waals surface area (Å²) in [7, 11) is 0. The lowest BCUT2D eigenvalue weighted by Gasteiger charge is -2.41. The highest BCUT2D eigenvalue weighted by atomic mass is 16.5. The summed E-state index contributed by atoms with van der Waals surface area (Å²) in [5.74, 6) is -0.185. The molecule has 2 bridgehead atoms. The van der Waals surface area contributed by atoms with Gasteiger partial charge in [0.25, 0.3) is 11.8 Å². The second-order valence-electron chi connectivity index (χ2n) is 7.52. The van der Waals surface area contributed by atoms with Crippen molar-refractivity contribution in [3.05, 3.63) is 11.9 Å². The largest absolute Gasteiger partial charge is 0.365 e. The molecule has 3 saturated heterocycles. The summed E-state index contributed by atoms with van der Waals surface area (Å²) in [6.45, 7) is 5.29. The van der Waals surface area contributed by atoms with Crippen LogP contribution in [-0.2, 0) is 9.53 Å². The molecule has 23 heavy (non-hydrogen) atoms. The molecule has 0 aromatic carbocycles. The Labute approximate surface area is 133 Å². The van der Waals surface area contributed by atoms with Crippen molar-refractivity contribution in [3.63, 3.8) is 0 Å². The summed E-state index contributed by atoms with van der Waals surface area (Å²) >= 11 is 0. The van der Waals surface area contributed by atoms with Crippen LogP contribution in [0, 0.1) is 5.41 Å². The van der Waals surface area contributed by atoms with Crippen LogP contribution in [0.3, 0.4) is 0 Å². The van der Waals surface area contributed by atoms with Crippen LogP contribution in [-0.4, -0.2) is 63.0 Å². The van der Waals surface area contributed by atoms with Gasteiger partial charge in [0, 0.05) is 18.6 Å². The molecule has 2 amide bonds. The highest BCUT2D eigenvalue weighted by Gasteiger charge is 2.64. The van der Waals surface area contributed by atoms with E-state index in [9.17, 15) is 9.59 Å². The van der Waals surface area contributed by atoms with Crippen LogP contribution in [0.1, 0.15) is 43.6 Å². The molecule has 124 valence electrons. The number of aromatic amines is 1. The first-order chi connectivity index (χ1) is 10.9. The second-order valence-corrected chi connectivity index (χ2v) is 7.52. The normalized spacial score (nSPS) is 38.4. The van der Waals surface area contributed by atoms with Crippen LogP contribution in [0.2, 0.25) is 0 Å². The minimum Gasteiger partial charge on any atom is -0.365 e. The molecule has 4 aliphatic rings. The number of ether oxygens (including phenoxy) is 1. The highest BCUT2D eigenvalue weighted by molar-refractivity contribution is 5.92. The predicted molar refractivity (Wildman–Crippen MR) is 79.5 cm³/mol. The molecule has 2 N–H and O–H groups in total. The second kappa shape index (κ2) is 4.77. The fraction of sp³-hybridized carbons (Fsp3) is 0.733. The SMILES string of the molecule is CC1CC(NC(=O)C23CC(C)(CO2)C3)CN1C(=O)c1cn[nH]n1. The molecule has 2 unspecified atom stereocenters. The fourth-order valence-electron chi connectivity index (χ4n) is 4.26. The number of likely N-dealkylation sites (tertiary alicyclic amines) is 1. The summed E-state index contributed by atoms with van der Waals surface area (Å²) < 4.78 is 5.73. The maximum absolute atomic E-state index is 12.5. The van der Waals surface area contributed by atoms with Gasteiger partial charge in [0.1, 0.15) is 5.60 Å². The van der Waals surface area contributed by atoms with Gasteiger partial charge in [-0.3, -0.25) is 9.59 Å². The number of hydrogen-bond acceptors (Lipinski definition) is 5. The van der Waals surface area contributed by atoms with Crippen molar-refractivity contribution in [2.75, 3.05) is 13.2 Å². The Morgan fingerprint density at radius 2 is 2.26 bits per heavy atom. The van der Waals surface area contributed by atoms with Crippen molar-refractivity contribution in [1.29, 1.82) is 0 Å². The zero-order valence-corrected chi connectivity index (χ0v) is 13.3. The minimum atomic E-state index is -0.623. The molecule has 5 rings (SSSR count). The number of carbonyl (C=O) groups is 2. The predicted octanol–water partition coefficient (Wildman–Crippen LogP) is 0.0930. The summed E-state index contributed by atoms with van der Waals surface area (Å²) in [5.41, 5.74) is -0.145. The van der Waals surface area contributed by atoms with Crippen LogP contribution >= 0.6 is 0 Å². The number of nitrogens with zero attached hydrogens (tertiary/aromatic N) is 3. The summed E-state index contributed by atoms with van der Waals surface area (Å²) in [6, 6.07) is 0.0111. The van der Waals surface area contributed by atoms with Gasteiger partial charge in [-0.1, -0.05) is 6.92 Å². The Kier molecular flexibility index (Phi) is 3.03. The van der Waals surface area contributed by atoms with Gasteiger partial charge in [0.05, 0.1) is 12.8 Å². The van der Waals surface area contributed by atoms with E-state index < -0.39 is 5.60 Å². The van der Waals surface area contributed by atoms with E-state index in [0.717, 1.165) is 19.3 Å². The van der Waals surface area contributed by atoms with Gasteiger partial charge in [-0.25, -0.2) is 0 Å². The first-order valence-corrected chi connectivity index (χ1v) is 8.03. The lowest BCUT2D eigenvalue weighted by molar-refractivity contribution is -0.145. The number of fused-ring (bicyclic) bond motifs is 1. The van der Waals surface area contributed by atoms with Gasteiger partial charge in [0.2, 0.25) is 0 Å². The van der Waals surface area contributed by atoms with Crippen molar-refractivity contribution < 1.29 is 14.3 Å². The van der Waals surface area contributed by atoms with Crippen LogP contribution < -0.4 is 5.32 Å². The molecular weight excluding hydrogens is 298 g/mol. The lowest BCUT2D eigenvalue weighted by Crippen LogP contribution is -2.56. The molecule has 4 heterocycles. The monoisotopic (exact) mass is 319 g/mol. The first-order valence-electron chi connectivity index (χ1n) is 8.03. The molecule has 4 fully saturated rings. The average Bonchev–Trinajstić information content (AvgIpc) is 3.20. The van der Waals surface area contributed by atoms with E-state index >= 15 is 0 Å². The van der Waals surface area contributed by atoms with Gasteiger partial charge in [-0.2, -0.15) is 15.4 Å². The number of hydrogen-bond donors (Lipinski definition) is 2. The fourth-order valence-corrected chi connectivity index (χ4v) is 4.26. The Hall–Kier alpha value is -1.96. The Morgan fingerprint density at radius 3 is 2.87 bits per heavy atom. The van der Waals surface area contributed by atoms with E-state index in [2.05, 4.69) is 27.7 Å². The van der Waals surface area contributed by atoms with Gasteiger partial charge in [-0.05, 0) is 31.6 Å². The third-order valence-corrected chi connectivity index (χ3v) is 5.34. The first kappa shape index (κ1) is 14.6. The van der Waals surface area contributed by atoms with Gasteiger partial charge >= 0.3 is 0 Å². The molecule has 1 aromatic heterocycles. The molecule has 0 spiro atoms. The van der Waals surface area contributed by atoms with Crippen LogP contribution in [0.5, 0.6) is 0 Å². The molecule has 1 saturated carbocycles. The summed E-state index contributed by atoms with van der Waals surface area (Å²) in [5, 5.41) is 13.0. The molecule has 8 heteroatoms. The van der Waals surface area contributed by atoms with E-state index in [0.29, 0.717) is 18.8 Å². The lowest BCUT2D eigenvalue weighted by atomic mass is 9.63. The quantitative estimate of drug-likeness (QED) is 0.822. The number of H-pyrrole nitrogens is 1. The molecule has 8 nitrogen and oxygen atoms in total. The Balaban J connectivity index is 1.38. The molecular formula is C15H21N5O3. The smallest absolute Gasteiger partial charge is 0.276 e. The molecule has 0 radical (unpaired) electrons. The average molecular weight is 319 g/mol.